The van der Waals surface area contributed by atoms with Crippen LogP contribution in [-0.4, -0.2) is 11.1 Å². The summed E-state index contributed by atoms with van der Waals surface area (Å²) >= 11 is 0. The molecule has 1 radical (unpaired) electrons. The molecule has 0 saturated carbocycles. The maximum absolute atomic E-state index is 9.68. The molecule has 1 N–H and O–H groups in total. The lowest BCUT2D eigenvalue weighted by molar-refractivity contribution is -0.132. The van der Waals surface area contributed by atoms with E-state index in [2.05, 4.69) is 6.08 Å². The lowest BCUT2D eigenvalue weighted by atomic mass is 10.3. The van der Waals surface area contributed by atoms with Gasteiger partial charge in [-0.2, -0.15) is 0 Å². The molecule has 2 nitrogen and oxygen atoms in total. The second-order valence-corrected chi connectivity index (χ2v) is 1.43. The Labute approximate surface area is 42.5 Å². The molecule has 0 aromatic rings. The summed E-state index contributed by atoms with van der Waals surface area (Å²) in [5.74, 6) is -1.000. The van der Waals surface area contributed by atoms with Crippen molar-refractivity contribution in [1.29, 1.82) is 0 Å². The Morgan fingerprint density at radius 1 is 1.57 bits per heavy atom. The molecule has 0 aromatic heterocycles. The fourth-order valence-corrected chi connectivity index (χ4v) is 0.214. The van der Waals surface area contributed by atoms with Crippen molar-refractivity contribution in [1.82, 2.24) is 0 Å². The lowest BCUT2D eigenvalue weighted by Gasteiger charge is -1.78. The number of rotatable bonds is 1. The van der Waals surface area contributed by atoms with Gasteiger partial charge in [0.15, 0.2) is 0 Å². The monoisotopic (exact) mass is 99.0 g/mol. The van der Waals surface area contributed by atoms with Gasteiger partial charge in [0, 0.05) is 0 Å². The molecule has 0 bridgehead atoms. The van der Waals surface area contributed by atoms with Gasteiger partial charge in [-0.05, 0) is 13.8 Å². The van der Waals surface area contributed by atoms with E-state index in [-0.39, 0.29) is 0 Å². The normalized spacial score (nSPS) is 7.71. The second-order valence-electron chi connectivity index (χ2n) is 1.43. The van der Waals surface area contributed by atoms with Crippen molar-refractivity contribution in [3.8, 4) is 0 Å². The van der Waals surface area contributed by atoms with Crippen LogP contribution in [0.25, 0.3) is 0 Å². The first-order chi connectivity index (χ1) is 3.13. The average molecular weight is 99.1 g/mol. The minimum Gasteiger partial charge on any atom is -0.478 e. The molecular formula is C5H7O2. The van der Waals surface area contributed by atoms with Crippen molar-refractivity contribution in [2.75, 3.05) is 0 Å². The lowest BCUT2D eigenvalue weighted by Crippen LogP contribution is -1.87. The molecular weight excluding hydrogens is 92.1 g/mol. The highest BCUT2D eigenvalue weighted by Crippen LogP contribution is 1.83. The number of carboxylic acids is 1. The van der Waals surface area contributed by atoms with E-state index in [9.17, 15) is 4.79 Å². The van der Waals surface area contributed by atoms with Crippen LogP contribution in [0.5, 0.6) is 0 Å². The van der Waals surface area contributed by atoms with Crippen LogP contribution >= 0.6 is 0 Å². The summed E-state index contributed by atoms with van der Waals surface area (Å²) in [7, 11) is 0. The predicted octanol–water partition coefficient (Wildman–Crippen LogP) is 0.840. The van der Waals surface area contributed by atoms with Gasteiger partial charge in [-0.25, -0.2) is 4.79 Å². The molecule has 0 atom stereocenters. The maximum Gasteiger partial charge on any atom is 0.336 e. The third kappa shape index (κ3) is 5.21. The fraction of sp³-hybridized carbons (Fsp3) is 0.400. The first kappa shape index (κ1) is 6.21. The van der Waals surface area contributed by atoms with Crippen molar-refractivity contribution < 1.29 is 9.90 Å². The Balaban J connectivity index is 3.68. The zero-order chi connectivity index (χ0) is 5.86. The maximum atomic E-state index is 9.68. The topological polar surface area (TPSA) is 37.3 Å². The number of hydrogen-bond acceptors (Lipinski definition) is 1. The molecule has 0 aliphatic carbocycles. The van der Waals surface area contributed by atoms with Crippen molar-refractivity contribution in [3.63, 3.8) is 0 Å². The molecule has 0 heterocycles. The second kappa shape index (κ2) is 2.39. The summed E-state index contributed by atoms with van der Waals surface area (Å²) in [6, 6.07) is 0. The Bertz CT molecular complexity index is 98.6. The third-order valence-electron chi connectivity index (χ3n) is 0.357. The zero-order valence-corrected chi connectivity index (χ0v) is 4.36. The zero-order valence-electron chi connectivity index (χ0n) is 4.36. The molecule has 7 heavy (non-hydrogen) atoms. The standard InChI is InChI=1S/C5H7O2/c1-4(2)3-5(6)7/h1-2H3,(H,6,7). The Morgan fingerprint density at radius 2 is 2.00 bits per heavy atom. The molecule has 0 aliphatic heterocycles. The number of carbonyl (C=O) groups is 1. The molecule has 0 unspecified atom stereocenters. The van der Waals surface area contributed by atoms with Crippen LogP contribution in [0.2, 0.25) is 0 Å². The van der Waals surface area contributed by atoms with E-state index in [1.54, 1.807) is 13.8 Å². The van der Waals surface area contributed by atoms with Crippen molar-refractivity contribution in [2.24, 2.45) is 0 Å². The summed E-state index contributed by atoms with van der Waals surface area (Å²) in [4.78, 5) is 9.68. The van der Waals surface area contributed by atoms with Gasteiger partial charge in [-0.15, -0.1) is 0 Å². The van der Waals surface area contributed by atoms with E-state index >= 15 is 0 Å². The molecule has 0 saturated heterocycles. The summed E-state index contributed by atoms with van der Waals surface area (Å²) in [5, 5.41) is 7.95. The highest BCUT2D eigenvalue weighted by molar-refractivity contribution is 5.75. The van der Waals surface area contributed by atoms with Gasteiger partial charge in [0.25, 0.3) is 0 Å². The molecule has 0 aromatic carbocycles. The summed E-state index contributed by atoms with van der Waals surface area (Å²) in [6.45, 7) is 3.38. The largest absolute Gasteiger partial charge is 0.478 e. The van der Waals surface area contributed by atoms with E-state index in [0.29, 0.717) is 5.57 Å². The van der Waals surface area contributed by atoms with Gasteiger partial charge < -0.3 is 5.11 Å². The number of hydrogen-bond donors (Lipinski definition) is 1. The smallest absolute Gasteiger partial charge is 0.336 e. The van der Waals surface area contributed by atoms with Crippen LogP contribution in [0.1, 0.15) is 13.8 Å². The molecule has 0 aliphatic rings. The Kier molecular flexibility index (Phi) is 2.12. The minimum absolute atomic E-state index is 0.688. The first-order valence-electron chi connectivity index (χ1n) is 1.93. The van der Waals surface area contributed by atoms with Gasteiger partial charge in [0.05, 0.1) is 6.08 Å². The molecule has 39 valence electrons. The van der Waals surface area contributed by atoms with Crippen molar-refractivity contribution in [2.45, 2.75) is 13.8 Å². The van der Waals surface area contributed by atoms with Crippen molar-refractivity contribution in [3.05, 3.63) is 11.6 Å². The molecule has 2 heteroatoms. The summed E-state index contributed by atoms with van der Waals surface area (Å²) in [6.07, 6.45) is 2.14. The predicted molar refractivity (Wildman–Crippen MR) is 25.7 cm³/mol. The van der Waals surface area contributed by atoms with E-state index in [0.717, 1.165) is 0 Å². The van der Waals surface area contributed by atoms with Gasteiger partial charge in [-0.1, -0.05) is 5.57 Å². The Morgan fingerprint density at radius 3 is 2.00 bits per heavy atom. The first-order valence-corrected chi connectivity index (χ1v) is 1.93. The van der Waals surface area contributed by atoms with E-state index in [1.165, 1.54) is 0 Å². The van der Waals surface area contributed by atoms with Crippen LogP contribution < -0.4 is 0 Å². The molecule has 0 amide bonds. The summed E-state index contributed by atoms with van der Waals surface area (Å²) < 4.78 is 0. The van der Waals surface area contributed by atoms with Crippen LogP contribution in [0, 0.1) is 6.08 Å². The minimum atomic E-state index is -1.000. The van der Waals surface area contributed by atoms with Crippen LogP contribution in [0.3, 0.4) is 0 Å². The number of aliphatic carboxylic acids is 1. The molecule has 0 fully saturated rings. The fourth-order valence-electron chi connectivity index (χ4n) is 0.214. The van der Waals surface area contributed by atoms with Crippen LogP contribution in [-0.2, 0) is 4.79 Å². The van der Waals surface area contributed by atoms with E-state index < -0.39 is 5.97 Å². The average Bonchev–Trinajstić information content (AvgIpc) is 1.27. The van der Waals surface area contributed by atoms with Crippen LogP contribution in [0.15, 0.2) is 5.57 Å². The number of allylic oxidation sites excluding steroid dienone is 1. The molecule has 0 rings (SSSR count). The van der Waals surface area contributed by atoms with E-state index in [1.807, 2.05) is 0 Å². The van der Waals surface area contributed by atoms with Gasteiger partial charge in [0.2, 0.25) is 0 Å². The van der Waals surface area contributed by atoms with Gasteiger partial charge >= 0.3 is 5.97 Å². The van der Waals surface area contributed by atoms with E-state index in [4.69, 9.17) is 5.11 Å². The third-order valence-corrected chi connectivity index (χ3v) is 0.357. The van der Waals surface area contributed by atoms with Crippen LogP contribution in [0.4, 0.5) is 0 Å². The van der Waals surface area contributed by atoms with Crippen molar-refractivity contribution >= 4 is 5.97 Å². The Hall–Kier alpha value is -0.790. The SMILES string of the molecule is CC(C)=[C]C(=O)O. The van der Waals surface area contributed by atoms with Gasteiger partial charge in [-0.3, -0.25) is 0 Å². The number of carboxylic acid groups (broad SMARTS) is 1. The molecule has 0 spiro atoms. The van der Waals surface area contributed by atoms with Gasteiger partial charge in [0.1, 0.15) is 0 Å². The highest BCUT2D eigenvalue weighted by Gasteiger charge is 1.85. The highest BCUT2D eigenvalue weighted by atomic mass is 16.4. The summed E-state index contributed by atoms with van der Waals surface area (Å²) in [5.41, 5.74) is 0.688. The quantitative estimate of drug-likeness (QED) is 0.494.